The molecule has 2 atom stereocenters. The molecule has 3 N–H and O–H groups in total. The minimum Gasteiger partial charge on any atom is -0.497 e. The van der Waals surface area contributed by atoms with E-state index in [2.05, 4.69) is 29.6 Å². The molecule has 5 heteroatoms. The quantitative estimate of drug-likeness (QED) is 0.837. The van der Waals surface area contributed by atoms with Crippen LogP contribution in [0.4, 0.5) is 11.4 Å². The van der Waals surface area contributed by atoms with Gasteiger partial charge in [-0.1, -0.05) is 24.3 Å². The number of nitrogens with two attached hydrogens (primary N) is 1. The summed E-state index contributed by atoms with van der Waals surface area (Å²) in [5.74, 6) is 0.782. The number of rotatable bonds is 3. The van der Waals surface area contributed by atoms with Crippen LogP contribution in [0.5, 0.6) is 5.75 Å². The molecule has 2 aliphatic carbocycles. The third-order valence-electron chi connectivity index (χ3n) is 5.30. The molecule has 24 heavy (non-hydrogen) atoms. The van der Waals surface area contributed by atoms with Crippen LogP contribution in [-0.2, 0) is 16.6 Å². The highest BCUT2D eigenvalue weighted by Crippen LogP contribution is 2.61. The summed E-state index contributed by atoms with van der Waals surface area (Å²) in [7, 11) is 1.60. The average molecular weight is 345 g/mol. The number of benzene rings is 2. The maximum absolute atomic E-state index is 12.7. The van der Waals surface area contributed by atoms with Crippen LogP contribution < -0.4 is 15.8 Å². The number of amides is 1. The van der Waals surface area contributed by atoms with Crippen molar-refractivity contribution in [2.45, 2.75) is 24.7 Å². The highest BCUT2D eigenvalue weighted by molar-refractivity contribution is 5.98. The van der Waals surface area contributed by atoms with Crippen molar-refractivity contribution in [3.8, 4) is 5.75 Å². The number of carbonyl (C=O) groups is 1. The van der Waals surface area contributed by atoms with Crippen molar-refractivity contribution in [3.05, 3.63) is 53.6 Å². The number of nitrogen functional groups attached to an aromatic ring is 1. The first-order valence-electron chi connectivity index (χ1n) is 7.97. The molecule has 4 nitrogen and oxygen atoms in total. The van der Waals surface area contributed by atoms with Gasteiger partial charge in [0.2, 0.25) is 5.91 Å². The number of hydrogen-bond donors (Lipinski definition) is 2. The molecule has 2 unspecified atom stereocenters. The van der Waals surface area contributed by atoms with Crippen LogP contribution in [0.15, 0.2) is 42.5 Å². The Balaban J connectivity index is 0.00000169. The molecule has 126 valence electrons. The van der Waals surface area contributed by atoms with Gasteiger partial charge >= 0.3 is 0 Å². The molecule has 1 amide bonds. The van der Waals surface area contributed by atoms with Gasteiger partial charge in [-0.05, 0) is 42.5 Å². The highest BCUT2D eigenvalue weighted by atomic mass is 35.5. The van der Waals surface area contributed by atoms with Crippen LogP contribution in [0.3, 0.4) is 0 Å². The monoisotopic (exact) mass is 344 g/mol. The lowest BCUT2D eigenvalue weighted by atomic mass is 9.95. The highest BCUT2D eigenvalue weighted by Gasteiger charge is 2.61. The summed E-state index contributed by atoms with van der Waals surface area (Å²) in [4.78, 5) is 12.7. The number of methoxy groups -OCH3 is 1. The third-order valence-corrected chi connectivity index (χ3v) is 5.30. The van der Waals surface area contributed by atoms with E-state index in [1.807, 2.05) is 0 Å². The molecule has 0 saturated heterocycles. The number of fused-ring (bicyclic) bond motifs is 2. The molecule has 1 saturated carbocycles. The molecule has 2 aliphatic rings. The topological polar surface area (TPSA) is 64.3 Å². The average Bonchev–Trinajstić information content (AvgIpc) is 3.19. The second-order valence-electron chi connectivity index (χ2n) is 6.51. The van der Waals surface area contributed by atoms with Gasteiger partial charge < -0.3 is 15.8 Å². The smallest absolute Gasteiger partial charge is 0.228 e. The number of anilines is 2. The molecule has 0 aliphatic heterocycles. The number of halogens is 1. The summed E-state index contributed by atoms with van der Waals surface area (Å²) < 4.78 is 5.20. The van der Waals surface area contributed by atoms with Gasteiger partial charge in [-0.25, -0.2) is 0 Å². The summed E-state index contributed by atoms with van der Waals surface area (Å²) in [5.41, 5.74) is 9.95. The lowest BCUT2D eigenvalue weighted by molar-refractivity contribution is -0.117. The standard InChI is InChI=1S/C19H20N2O2.ClH/c1-23-13-6-7-16(20)17(10-13)21-18(22)15-11-19(15)9-8-12-4-2-3-5-14(12)19;/h2-7,10,15H,8-9,11,20H2,1H3,(H,21,22);1H. The van der Waals surface area contributed by atoms with E-state index < -0.39 is 0 Å². The zero-order chi connectivity index (χ0) is 16.0. The van der Waals surface area contributed by atoms with Crippen molar-refractivity contribution in [1.82, 2.24) is 0 Å². The summed E-state index contributed by atoms with van der Waals surface area (Å²) in [6, 6.07) is 13.8. The predicted molar refractivity (Wildman–Crippen MR) is 97.8 cm³/mol. The number of carbonyl (C=O) groups excluding carboxylic acids is 1. The van der Waals surface area contributed by atoms with Crippen molar-refractivity contribution in [3.63, 3.8) is 0 Å². The van der Waals surface area contributed by atoms with Crippen molar-refractivity contribution in [1.29, 1.82) is 0 Å². The summed E-state index contributed by atoms with van der Waals surface area (Å²) in [6.07, 6.45) is 3.07. The van der Waals surface area contributed by atoms with Crippen molar-refractivity contribution in [2.24, 2.45) is 5.92 Å². The van der Waals surface area contributed by atoms with E-state index in [1.165, 1.54) is 11.1 Å². The minimum absolute atomic E-state index is 0. The van der Waals surface area contributed by atoms with Crippen LogP contribution in [0.25, 0.3) is 0 Å². The van der Waals surface area contributed by atoms with Crippen molar-refractivity contribution >= 4 is 29.7 Å². The Morgan fingerprint density at radius 3 is 2.88 bits per heavy atom. The molecule has 0 radical (unpaired) electrons. The molecular weight excluding hydrogens is 324 g/mol. The second-order valence-corrected chi connectivity index (χ2v) is 6.51. The Bertz CT molecular complexity index is 793. The predicted octanol–water partition coefficient (Wildman–Crippen LogP) is 3.54. The van der Waals surface area contributed by atoms with E-state index in [-0.39, 0.29) is 29.6 Å². The Kier molecular flexibility index (Phi) is 4.18. The fraction of sp³-hybridized carbons (Fsp3) is 0.316. The number of aryl methyl sites for hydroxylation is 1. The van der Waals surface area contributed by atoms with Gasteiger partial charge in [-0.3, -0.25) is 4.79 Å². The maximum atomic E-state index is 12.7. The minimum atomic E-state index is 0. The lowest BCUT2D eigenvalue weighted by Gasteiger charge is -2.13. The molecule has 0 heterocycles. The SMILES string of the molecule is COc1ccc(N)c(NC(=O)C2CC23CCc2ccccc23)c1.Cl. The van der Waals surface area contributed by atoms with Gasteiger partial charge in [-0.15, -0.1) is 12.4 Å². The van der Waals surface area contributed by atoms with E-state index in [0.717, 1.165) is 19.3 Å². The molecule has 2 aromatic rings. The number of ether oxygens (including phenoxy) is 1. The maximum Gasteiger partial charge on any atom is 0.228 e. The first-order chi connectivity index (χ1) is 11.1. The van der Waals surface area contributed by atoms with Crippen molar-refractivity contribution < 1.29 is 9.53 Å². The molecular formula is C19H21ClN2O2. The van der Waals surface area contributed by atoms with Gasteiger partial charge in [0.15, 0.2) is 0 Å². The van der Waals surface area contributed by atoms with Gasteiger partial charge in [0.05, 0.1) is 18.5 Å². The van der Waals surface area contributed by atoms with Gasteiger partial charge in [-0.2, -0.15) is 0 Å². The molecule has 1 fully saturated rings. The van der Waals surface area contributed by atoms with Gasteiger partial charge in [0.25, 0.3) is 0 Å². The van der Waals surface area contributed by atoms with Crippen LogP contribution in [0.2, 0.25) is 0 Å². The Labute approximate surface area is 147 Å². The largest absolute Gasteiger partial charge is 0.497 e. The van der Waals surface area contributed by atoms with E-state index in [9.17, 15) is 4.79 Å². The Morgan fingerprint density at radius 1 is 1.29 bits per heavy atom. The summed E-state index contributed by atoms with van der Waals surface area (Å²) >= 11 is 0. The van der Waals surface area contributed by atoms with E-state index in [4.69, 9.17) is 10.5 Å². The summed E-state index contributed by atoms with van der Waals surface area (Å²) in [6.45, 7) is 0. The fourth-order valence-electron chi connectivity index (χ4n) is 3.93. The zero-order valence-electron chi connectivity index (χ0n) is 13.5. The van der Waals surface area contributed by atoms with Crippen LogP contribution in [0.1, 0.15) is 24.0 Å². The van der Waals surface area contributed by atoms with Crippen LogP contribution >= 0.6 is 12.4 Å². The molecule has 2 aromatic carbocycles. The Morgan fingerprint density at radius 2 is 2.08 bits per heavy atom. The fourth-order valence-corrected chi connectivity index (χ4v) is 3.93. The van der Waals surface area contributed by atoms with E-state index in [0.29, 0.717) is 17.1 Å². The molecule has 0 aromatic heterocycles. The van der Waals surface area contributed by atoms with E-state index >= 15 is 0 Å². The van der Waals surface area contributed by atoms with Crippen molar-refractivity contribution in [2.75, 3.05) is 18.2 Å². The number of nitrogens with one attached hydrogen (secondary N) is 1. The Hall–Kier alpha value is -2.20. The molecule has 1 spiro atoms. The van der Waals surface area contributed by atoms with E-state index in [1.54, 1.807) is 25.3 Å². The van der Waals surface area contributed by atoms with Gasteiger partial charge in [0.1, 0.15) is 5.75 Å². The van der Waals surface area contributed by atoms with Crippen LogP contribution in [0, 0.1) is 5.92 Å². The normalized spacial score (nSPS) is 23.3. The molecule has 0 bridgehead atoms. The zero-order valence-corrected chi connectivity index (χ0v) is 14.4. The second kappa shape index (κ2) is 6.02. The number of hydrogen-bond acceptors (Lipinski definition) is 3. The third kappa shape index (κ3) is 2.51. The molecule has 4 rings (SSSR count). The first kappa shape index (κ1) is 16.7. The summed E-state index contributed by atoms with van der Waals surface area (Å²) in [5, 5.41) is 2.98. The first-order valence-corrected chi connectivity index (χ1v) is 7.97. The van der Waals surface area contributed by atoms with Crippen LogP contribution in [-0.4, -0.2) is 13.0 Å². The lowest BCUT2D eigenvalue weighted by Crippen LogP contribution is -2.20. The van der Waals surface area contributed by atoms with Gasteiger partial charge in [0, 0.05) is 17.4 Å².